The molecule has 2 nitrogen and oxygen atoms in total. The fourth-order valence-corrected chi connectivity index (χ4v) is 6.60. The normalized spacial score (nSPS) is 27.2. The minimum atomic E-state index is 0.524. The molecule has 0 radical (unpaired) electrons. The number of nitrogens with zero attached hydrogens (tertiary/aromatic N) is 2. The predicted octanol–water partition coefficient (Wildman–Crippen LogP) is 5.77. The van der Waals surface area contributed by atoms with Gasteiger partial charge in [0.05, 0.1) is 0 Å². The molecule has 0 bridgehead atoms. The summed E-state index contributed by atoms with van der Waals surface area (Å²) in [6.45, 7) is 25.1. The zero-order chi connectivity index (χ0) is 19.7. The van der Waals surface area contributed by atoms with Crippen LogP contribution >= 0.6 is 0 Å². The molecule has 2 heterocycles. The van der Waals surface area contributed by atoms with Crippen molar-refractivity contribution >= 4 is 0 Å². The van der Waals surface area contributed by atoms with Gasteiger partial charge in [-0.3, -0.25) is 0 Å². The first-order chi connectivity index (χ1) is 12.1. The standard InChI is InChI=1S/C24H48N2/c1-18(2)23(10-14-25(9)15-11-23)21(7)22(8)24(19(3)4)12-16-26(17-13-24)20(5)6/h18-22H,10-17H2,1-9H3. The Labute approximate surface area is 165 Å². The van der Waals surface area contributed by atoms with Crippen LogP contribution in [0.3, 0.4) is 0 Å². The lowest BCUT2D eigenvalue weighted by Gasteiger charge is -2.57. The Balaban J connectivity index is 2.23. The van der Waals surface area contributed by atoms with Crippen molar-refractivity contribution in [2.45, 2.75) is 87.1 Å². The first kappa shape index (κ1) is 22.2. The molecule has 26 heavy (non-hydrogen) atoms. The summed E-state index contributed by atoms with van der Waals surface area (Å²) < 4.78 is 0. The molecular formula is C24H48N2. The molecule has 0 N–H and O–H groups in total. The van der Waals surface area contributed by atoms with Crippen molar-refractivity contribution in [1.29, 1.82) is 0 Å². The highest BCUT2D eigenvalue weighted by Gasteiger charge is 2.50. The van der Waals surface area contributed by atoms with E-state index >= 15 is 0 Å². The molecule has 2 fully saturated rings. The smallest absolute Gasteiger partial charge is 0.00385 e. The summed E-state index contributed by atoms with van der Waals surface area (Å²) in [5.41, 5.74) is 1.05. The van der Waals surface area contributed by atoms with E-state index in [0.29, 0.717) is 16.9 Å². The molecule has 0 saturated carbocycles. The molecule has 0 aliphatic carbocycles. The summed E-state index contributed by atoms with van der Waals surface area (Å²) >= 11 is 0. The molecule has 2 aliphatic heterocycles. The number of likely N-dealkylation sites (tertiary alicyclic amines) is 2. The van der Waals surface area contributed by atoms with Crippen LogP contribution in [0.15, 0.2) is 0 Å². The van der Waals surface area contributed by atoms with Gasteiger partial charge in [0.2, 0.25) is 0 Å². The maximum atomic E-state index is 2.70. The van der Waals surface area contributed by atoms with E-state index in [4.69, 9.17) is 0 Å². The molecule has 2 aliphatic rings. The number of hydrogen-bond donors (Lipinski definition) is 0. The topological polar surface area (TPSA) is 6.48 Å². The molecule has 2 unspecified atom stereocenters. The Hall–Kier alpha value is -0.0800. The fourth-order valence-electron chi connectivity index (χ4n) is 6.60. The minimum absolute atomic E-state index is 0.524. The summed E-state index contributed by atoms with van der Waals surface area (Å²) in [6.07, 6.45) is 5.56. The van der Waals surface area contributed by atoms with Crippen LogP contribution in [0.4, 0.5) is 0 Å². The molecule has 0 aromatic rings. The lowest BCUT2D eigenvalue weighted by molar-refractivity contribution is -0.0775. The first-order valence-electron chi connectivity index (χ1n) is 11.5. The molecular weight excluding hydrogens is 316 g/mol. The van der Waals surface area contributed by atoms with Crippen molar-refractivity contribution in [3.05, 3.63) is 0 Å². The van der Waals surface area contributed by atoms with Crippen LogP contribution in [0.2, 0.25) is 0 Å². The lowest BCUT2D eigenvalue weighted by atomic mass is 9.51. The van der Waals surface area contributed by atoms with E-state index in [1.54, 1.807) is 0 Å². The van der Waals surface area contributed by atoms with Crippen LogP contribution in [0.25, 0.3) is 0 Å². The maximum Gasteiger partial charge on any atom is 0.00385 e. The fraction of sp³-hybridized carbons (Fsp3) is 1.00. The Morgan fingerprint density at radius 2 is 0.923 bits per heavy atom. The molecule has 154 valence electrons. The van der Waals surface area contributed by atoms with E-state index in [2.05, 4.69) is 72.2 Å². The van der Waals surface area contributed by atoms with E-state index in [9.17, 15) is 0 Å². The van der Waals surface area contributed by atoms with Crippen LogP contribution < -0.4 is 0 Å². The average Bonchev–Trinajstić information content (AvgIpc) is 2.60. The third-order valence-electron chi connectivity index (χ3n) is 9.24. The molecule has 0 spiro atoms. The van der Waals surface area contributed by atoms with Gasteiger partial charge in [0.1, 0.15) is 0 Å². The van der Waals surface area contributed by atoms with Gasteiger partial charge in [-0.1, -0.05) is 41.5 Å². The Kier molecular flexibility index (Phi) is 7.27. The monoisotopic (exact) mass is 364 g/mol. The van der Waals surface area contributed by atoms with E-state index in [1.165, 1.54) is 51.9 Å². The number of hydrogen-bond acceptors (Lipinski definition) is 2. The van der Waals surface area contributed by atoms with E-state index in [1.807, 2.05) is 0 Å². The van der Waals surface area contributed by atoms with Gasteiger partial charge in [-0.2, -0.15) is 0 Å². The van der Waals surface area contributed by atoms with Crippen molar-refractivity contribution in [2.75, 3.05) is 33.2 Å². The van der Waals surface area contributed by atoms with Crippen molar-refractivity contribution in [2.24, 2.45) is 34.5 Å². The van der Waals surface area contributed by atoms with Gasteiger partial charge in [-0.25, -0.2) is 0 Å². The van der Waals surface area contributed by atoms with Crippen LogP contribution in [0, 0.1) is 34.5 Å². The third kappa shape index (κ3) is 4.02. The Bertz CT molecular complexity index is 423. The summed E-state index contributed by atoms with van der Waals surface area (Å²) in [7, 11) is 2.30. The van der Waals surface area contributed by atoms with Crippen molar-refractivity contribution in [3.63, 3.8) is 0 Å². The average molecular weight is 365 g/mol. The van der Waals surface area contributed by atoms with Gasteiger partial charge < -0.3 is 9.80 Å². The van der Waals surface area contributed by atoms with E-state index in [0.717, 1.165) is 23.7 Å². The summed E-state index contributed by atoms with van der Waals surface area (Å²) in [5, 5.41) is 0. The first-order valence-corrected chi connectivity index (χ1v) is 11.5. The zero-order valence-electron chi connectivity index (χ0n) is 19.4. The molecule has 2 rings (SSSR count). The maximum absolute atomic E-state index is 2.70. The van der Waals surface area contributed by atoms with Gasteiger partial charge in [0, 0.05) is 6.04 Å². The van der Waals surface area contributed by atoms with Gasteiger partial charge in [-0.15, -0.1) is 0 Å². The largest absolute Gasteiger partial charge is 0.306 e. The minimum Gasteiger partial charge on any atom is -0.306 e. The molecule has 0 amide bonds. The van der Waals surface area contributed by atoms with Crippen molar-refractivity contribution < 1.29 is 0 Å². The SMILES string of the molecule is CC(C)N1CCC(C(C)C)(C(C)C(C)C2(C(C)C)CCN(C)CC2)CC1. The molecule has 2 atom stereocenters. The Morgan fingerprint density at radius 1 is 0.577 bits per heavy atom. The van der Waals surface area contributed by atoms with Crippen LogP contribution in [-0.4, -0.2) is 49.1 Å². The van der Waals surface area contributed by atoms with Gasteiger partial charge in [0.25, 0.3) is 0 Å². The van der Waals surface area contributed by atoms with Gasteiger partial charge >= 0.3 is 0 Å². The molecule has 0 aromatic carbocycles. The second-order valence-corrected chi connectivity index (χ2v) is 10.8. The second kappa shape index (κ2) is 8.52. The summed E-state index contributed by atoms with van der Waals surface area (Å²) in [6, 6.07) is 0.698. The third-order valence-corrected chi connectivity index (χ3v) is 9.24. The van der Waals surface area contributed by atoms with Crippen LogP contribution in [-0.2, 0) is 0 Å². The quantitative estimate of drug-likeness (QED) is 0.590. The second-order valence-electron chi connectivity index (χ2n) is 10.8. The van der Waals surface area contributed by atoms with E-state index in [-0.39, 0.29) is 0 Å². The number of rotatable bonds is 6. The van der Waals surface area contributed by atoms with Crippen LogP contribution in [0.1, 0.15) is 81.1 Å². The van der Waals surface area contributed by atoms with E-state index < -0.39 is 0 Å². The highest BCUT2D eigenvalue weighted by Crippen LogP contribution is 2.56. The highest BCUT2D eigenvalue weighted by atomic mass is 15.2. The highest BCUT2D eigenvalue weighted by molar-refractivity contribution is 5.00. The lowest BCUT2D eigenvalue weighted by Crippen LogP contribution is -2.53. The van der Waals surface area contributed by atoms with Gasteiger partial charge in [-0.05, 0) is 107 Å². The predicted molar refractivity (Wildman–Crippen MR) is 116 cm³/mol. The summed E-state index contributed by atoms with van der Waals surface area (Å²) in [4.78, 5) is 5.24. The number of piperidine rings is 2. The molecule has 0 aromatic heterocycles. The van der Waals surface area contributed by atoms with Crippen LogP contribution in [0.5, 0.6) is 0 Å². The summed E-state index contributed by atoms with van der Waals surface area (Å²) in [5.74, 6) is 3.19. The van der Waals surface area contributed by atoms with Gasteiger partial charge in [0.15, 0.2) is 0 Å². The van der Waals surface area contributed by atoms with Crippen molar-refractivity contribution in [1.82, 2.24) is 9.80 Å². The molecule has 2 saturated heterocycles. The molecule has 2 heteroatoms. The van der Waals surface area contributed by atoms with Crippen molar-refractivity contribution in [3.8, 4) is 0 Å². The Morgan fingerprint density at radius 3 is 1.23 bits per heavy atom. The zero-order valence-corrected chi connectivity index (χ0v) is 19.4.